The van der Waals surface area contributed by atoms with Crippen molar-refractivity contribution >= 4 is 34.6 Å². The Morgan fingerprint density at radius 2 is 2.10 bits per heavy atom. The van der Waals surface area contributed by atoms with Crippen molar-refractivity contribution in [3.05, 3.63) is 75.0 Å². The van der Waals surface area contributed by atoms with Crippen molar-refractivity contribution in [2.24, 2.45) is 0 Å². The summed E-state index contributed by atoms with van der Waals surface area (Å²) < 4.78 is 47.0. The maximum atomic E-state index is 13.1. The standard InChI is InChI=1S/C20H13ClF3N3O3S/c1-11-5-6-26-15(7-11)27(10-14-9-25-19(21)31-14)17(28)16(26)18(29)30-13-4-2-3-12(8-13)20(22,23)24/h2-9H,10H2,1H3. The number of esters is 1. The van der Waals surface area contributed by atoms with Crippen molar-refractivity contribution < 1.29 is 32.4 Å². The summed E-state index contributed by atoms with van der Waals surface area (Å²) in [5.41, 5.74) is -0.0275. The smallest absolute Gasteiger partial charge is 0.416 e. The number of pyridine rings is 1. The minimum atomic E-state index is -4.59. The van der Waals surface area contributed by atoms with E-state index >= 15 is 0 Å². The molecule has 3 heterocycles. The van der Waals surface area contributed by atoms with Crippen LogP contribution in [-0.4, -0.2) is 15.4 Å². The first kappa shape index (κ1) is 21.1. The van der Waals surface area contributed by atoms with Crippen LogP contribution in [0.2, 0.25) is 4.47 Å². The van der Waals surface area contributed by atoms with Gasteiger partial charge in [-0.3, -0.25) is 0 Å². The lowest BCUT2D eigenvalue weighted by atomic mass is 10.2. The van der Waals surface area contributed by atoms with E-state index in [-0.39, 0.29) is 18.0 Å². The summed E-state index contributed by atoms with van der Waals surface area (Å²) in [6.07, 6.45) is -1.53. The fourth-order valence-electron chi connectivity index (χ4n) is 3.06. The van der Waals surface area contributed by atoms with Crippen molar-refractivity contribution in [3.63, 3.8) is 0 Å². The summed E-state index contributed by atoms with van der Waals surface area (Å²) in [6.45, 7) is 1.94. The predicted octanol–water partition coefficient (Wildman–Crippen LogP) is 4.01. The van der Waals surface area contributed by atoms with Crippen LogP contribution in [0.1, 0.15) is 26.5 Å². The van der Waals surface area contributed by atoms with Crippen LogP contribution in [0.4, 0.5) is 13.2 Å². The molecule has 0 aliphatic rings. The van der Waals surface area contributed by atoms with Crippen LogP contribution in [0.25, 0.3) is 5.65 Å². The fourth-order valence-corrected chi connectivity index (χ4v) is 4.03. The quantitative estimate of drug-likeness (QED) is 0.258. The van der Waals surface area contributed by atoms with Gasteiger partial charge in [-0.2, -0.15) is 17.6 Å². The Hall–Kier alpha value is -3.11. The molecule has 11 heteroatoms. The molecule has 3 aromatic heterocycles. The maximum absolute atomic E-state index is 13.1. The molecule has 0 saturated carbocycles. The number of aryl methyl sites for hydroxylation is 1. The number of imidazole rings is 1. The Morgan fingerprint density at radius 3 is 2.77 bits per heavy atom. The molecule has 1 aromatic carbocycles. The van der Waals surface area contributed by atoms with Gasteiger partial charge in [0.05, 0.1) is 16.6 Å². The monoisotopic (exact) mass is 467 g/mol. The first-order valence-corrected chi connectivity index (χ1v) is 10.0. The maximum Gasteiger partial charge on any atom is 0.416 e. The van der Waals surface area contributed by atoms with E-state index in [1.165, 1.54) is 38.8 Å². The van der Waals surface area contributed by atoms with Gasteiger partial charge in [0.2, 0.25) is 0 Å². The SMILES string of the molecule is Cc1ccn2c(C(=O)Oc3cccc(C(F)(F)F)c3)c([O-])[n+](Cc3cnc(Cl)s3)c2c1. The number of carbonyl (C=O) groups is 1. The number of carbonyl (C=O) groups excluding carboxylic acids is 1. The number of hydrogen-bond acceptors (Lipinski definition) is 5. The highest BCUT2D eigenvalue weighted by atomic mass is 35.5. The Kier molecular flexibility index (Phi) is 5.36. The van der Waals surface area contributed by atoms with Gasteiger partial charge < -0.3 is 9.84 Å². The normalized spacial score (nSPS) is 11.8. The molecule has 31 heavy (non-hydrogen) atoms. The van der Waals surface area contributed by atoms with Gasteiger partial charge in [-0.1, -0.05) is 17.7 Å². The number of ether oxygens (including phenoxy) is 1. The zero-order valence-corrected chi connectivity index (χ0v) is 17.4. The summed E-state index contributed by atoms with van der Waals surface area (Å²) >= 11 is 7.05. The molecule has 0 aliphatic carbocycles. The number of alkyl halides is 3. The number of nitrogens with zero attached hydrogens (tertiary/aromatic N) is 3. The molecule has 0 spiro atoms. The molecule has 0 amide bonds. The van der Waals surface area contributed by atoms with E-state index in [2.05, 4.69) is 4.98 Å². The minimum absolute atomic E-state index is 0.118. The molecule has 0 fully saturated rings. The predicted molar refractivity (Wildman–Crippen MR) is 104 cm³/mol. The molecule has 4 rings (SSSR count). The molecule has 0 unspecified atom stereocenters. The largest absolute Gasteiger partial charge is 0.839 e. The number of halogens is 4. The van der Waals surface area contributed by atoms with Crippen LogP contribution in [0.5, 0.6) is 11.6 Å². The summed E-state index contributed by atoms with van der Waals surface area (Å²) in [5.74, 6) is -2.03. The average Bonchev–Trinajstić information content (AvgIpc) is 3.22. The highest BCUT2D eigenvalue weighted by molar-refractivity contribution is 7.15. The van der Waals surface area contributed by atoms with Gasteiger partial charge in [0.15, 0.2) is 4.47 Å². The Balaban J connectivity index is 1.75. The zero-order valence-electron chi connectivity index (χ0n) is 15.8. The van der Waals surface area contributed by atoms with Gasteiger partial charge >= 0.3 is 12.1 Å². The van der Waals surface area contributed by atoms with Crippen LogP contribution in [0, 0.1) is 6.92 Å². The Morgan fingerprint density at radius 1 is 1.32 bits per heavy atom. The lowest BCUT2D eigenvalue weighted by Gasteiger charge is -2.09. The van der Waals surface area contributed by atoms with Crippen molar-refractivity contribution in [2.75, 3.05) is 0 Å². The van der Waals surface area contributed by atoms with E-state index in [4.69, 9.17) is 16.3 Å². The van der Waals surface area contributed by atoms with Gasteiger partial charge in [-0.25, -0.2) is 14.3 Å². The van der Waals surface area contributed by atoms with Gasteiger partial charge in [-0.15, -0.1) is 11.3 Å². The number of hydrogen-bond donors (Lipinski definition) is 0. The minimum Gasteiger partial charge on any atom is -0.839 e. The lowest BCUT2D eigenvalue weighted by Crippen LogP contribution is -2.36. The summed E-state index contributed by atoms with van der Waals surface area (Å²) in [5, 5.41) is 13.1. The van der Waals surface area contributed by atoms with Gasteiger partial charge in [0.25, 0.3) is 11.3 Å². The van der Waals surface area contributed by atoms with Crippen LogP contribution in [0.3, 0.4) is 0 Å². The second kappa shape index (κ2) is 7.86. The van der Waals surface area contributed by atoms with Crippen molar-refractivity contribution in [2.45, 2.75) is 19.6 Å². The number of rotatable bonds is 4. The van der Waals surface area contributed by atoms with E-state index < -0.39 is 23.6 Å². The third-order valence-corrected chi connectivity index (χ3v) is 5.56. The third-order valence-electron chi connectivity index (χ3n) is 4.46. The van der Waals surface area contributed by atoms with Crippen molar-refractivity contribution in [1.29, 1.82) is 0 Å². The molecule has 0 bridgehead atoms. The number of aromatic nitrogens is 3. The van der Waals surface area contributed by atoms with E-state index in [0.717, 1.165) is 17.7 Å². The van der Waals surface area contributed by atoms with Crippen LogP contribution in [-0.2, 0) is 12.7 Å². The Bertz CT molecular complexity index is 1300. The summed E-state index contributed by atoms with van der Waals surface area (Å²) in [7, 11) is 0. The van der Waals surface area contributed by atoms with Gasteiger partial charge in [0.1, 0.15) is 18.2 Å². The second-order valence-corrected chi connectivity index (χ2v) is 8.36. The van der Waals surface area contributed by atoms with E-state index in [1.54, 1.807) is 12.1 Å². The molecule has 0 atom stereocenters. The highest BCUT2D eigenvalue weighted by Crippen LogP contribution is 2.31. The van der Waals surface area contributed by atoms with Crippen molar-refractivity contribution in [1.82, 2.24) is 9.38 Å². The van der Waals surface area contributed by atoms with Crippen LogP contribution >= 0.6 is 22.9 Å². The zero-order chi connectivity index (χ0) is 22.3. The van der Waals surface area contributed by atoms with E-state index in [0.29, 0.717) is 21.1 Å². The lowest BCUT2D eigenvalue weighted by molar-refractivity contribution is -0.704. The molecule has 0 radical (unpaired) electrons. The molecule has 0 aliphatic heterocycles. The molecule has 160 valence electrons. The summed E-state index contributed by atoms with van der Waals surface area (Å²) in [4.78, 5) is 17.4. The average molecular weight is 468 g/mol. The molecule has 4 aromatic rings. The molecular weight excluding hydrogens is 455 g/mol. The summed E-state index contributed by atoms with van der Waals surface area (Å²) in [6, 6.07) is 7.31. The molecular formula is C20H13ClF3N3O3S. The topological polar surface area (TPSA) is 70.5 Å². The number of thiazole rings is 1. The highest BCUT2D eigenvalue weighted by Gasteiger charge is 2.32. The van der Waals surface area contributed by atoms with Crippen LogP contribution < -0.4 is 14.4 Å². The van der Waals surface area contributed by atoms with Crippen LogP contribution in [0.15, 0.2) is 48.8 Å². The fraction of sp³-hybridized carbons (Fsp3) is 0.150. The van der Waals surface area contributed by atoms with Gasteiger partial charge in [0, 0.05) is 12.3 Å². The molecule has 6 nitrogen and oxygen atoms in total. The first-order chi connectivity index (χ1) is 14.6. The molecule has 0 N–H and O–H groups in total. The number of fused-ring (bicyclic) bond motifs is 1. The molecule has 0 saturated heterocycles. The van der Waals surface area contributed by atoms with Gasteiger partial charge in [-0.05, 0) is 36.8 Å². The van der Waals surface area contributed by atoms with E-state index in [9.17, 15) is 23.1 Å². The van der Waals surface area contributed by atoms with E-state index in [1.807, 2.05) is 6.92 Å². The number of benzene rings is 1. The third kappa shape index (κ3) is 4.21. The Labute approximate surface area is 182 Å². The first-order valence-electron chi connectivity index (χ1n) is 8.84. The second-order valence-electron chi connectivity index (χ2n) is 6.67. The van der Waals surface area contributed by atoms with Crippen molar-refractivity contribution in [3.8, 4) is 11.6 Å².